The molecule has 0 aliphatic rings. The third kappa shape index (κ3) is 3.63. The number of thioether (sulfide) groups is 1. The number of anilines is 1. The van der Waals surface area contributed by atoms with Gasteiger partial charge in [0.2, 0.25) is 5.91 Å². The van der Waals surface area contributed by atoms with Crippen LogP contribution in [-0.4, -0.2) is 26.4 Å². The van der Waals surface area contributed by atoms with Gasteiger partial charge in [-0.2, -0.15) is 0 Å². The van der Waals surface area contributed by atoms with Gasteiger partial charge in [0.15, 0.2) is 16.7 Å². The van der Waals surface area contributed by atoms with E-state index in [0.29, 0.717) is 22.4 Å². The maximum Gasteiger partial charge on any atom is 0.234 e. The molecule has 0 atom stereocenters. The number of halogens is 1. The van der Waals surface area contributed by atoms with Crippen LogP contribution < -0.4 is 5.32 Å². The quantitative estimate of drug-likeness (QED) is 0.506. The van der Waals surface area contributed by atoms with Gasteiger partial charge in [0.25, 0.3) is 0 Å². The van der Waals surface area contributed by atoms with Crippen LogP contribution in [0.3, 0.4) is 0 Å². The van der Waals surface area contributed by atoms with Gasteiger partial charge in [-0.3, -0.25) is 4.79 Å². The zero-order chi connectivity index (χ0) is 19.7. The number of para-hydroxylation sites is 1. The Hall–Kier alpha value is -3.13. The van der Waals surface area contributed by atoms with E-state index in [-0.39, 0.29) is 11.7 Å². The summed E-state index contributed by atoms with van der Waals surface area (Å²) in [4.78, 5) is 12.2. The molecule has 0 spiro atoms. The fourth-order valence-electron chi connectivity index (χ4n) is 2.79. The second-order valence-corrected chi connectivity index (χ2v) is 7.25. The lowest BCUT2D eigenvalue weighted by atomic mass is 10.2. The Labute approximate surface area is 164 Å². The first-order chi connectivity index (χ1) is 13.5. The number of furan rings is 1. The van der Waals surface area contributed by atoms with Crippen LogP contribution in [0.25, 0.3) is 22.6 Å². The van der Waals surface area contributed by atoms with E-state index in [2.05, 4.69) is 15.5 Å². The van der Waals surface area contributed by atoms with E-state index in [0.717, 1.165) is 16.5 Å². The van der Waals surface area contributed by atoms with Crippen LogP contribution in [0.1, 0.15) is 5.56 Å². The summed E-state index contributed by atoms with van der Waals surface area (Å²) in [5.74, 6) is 0.689. The summed E-state index contributed by atoms with van der Waals surface area (Å²) >= 11 is 1.25. The van der Waals surface area contributed by atoms with Crippen LogP contribution >= 0.6 is 11.8 Å². The van der Waals surface area contributed by atoms with Crippen molar-refractivity contribution in [3.8, 4) is 11.6 Å². The third-order valence-electron chi connectivity index (χ3n) is 4.29. The van der Waals surface area contributed by atoms with Crippen molar-refractivity contribution in [1.29, 1.82) is 0 Å². The van der Waals surface area contributed by atoms with Crippen molar-refractivity contribution in [2.24, 2.45) is 7.05 Å². The van der Waals surface area contributed by atoms with Gasteiger partial charge < -0.3 is 14.3 Å². The SMILES string of the molecule is Cc1ccc(F)cc1NC(=O)CSc1nnc(-c2cc3ccccc3o2)n1C. The number of aromatic nitrogens is 3. The first-order valence-electron chi connectivity index (χ1n) is 8.58. The van der Waals surface area contributed by atoms with Gasteiger partial charge >= 0.3 is 0 Å². The highest BCUT2D eigenvalue weighted by atomic mass is 32.2. The highest BCUT2D eigenvalue weighted by molar-refractivity contribution is 7.99. The first kappa shape index (κ1) is 18.2. The molecule has 0 saturated heterocycles. The van der Waals surface area contributed by atoms with Crippen LogP contribution in [0.2, 0.25) is 0 Å². The summed E-state index contributed by atoms with van der Waals surface area (Å²) < 4.78 is 21.0. The van der Waals surface area contributed by atoms with Gasteiger partial charge in [-0.1, -0.05) is 36.0 Å². The molecule has 0 aliphatic carbocycles. The van der Waals surface area contributed by atoms with Crippen molar-refractivity contribution in [2.75, 3.05) is 11.1 Å². The molecule has 0 fully saturated rings. The van der Waals surface area contributed by atoms with Crippen molar-refractivity contribution in [1.82, 2.24) is 14.8 Å². The Morgan fingerprint density at radius 1 is 1.21 bits per heavy atom. The minimum absolute atomic E-state index is 0.127. The number of benzene rings is 2. The molecule has 2 aromatic carbocycles. The molecule has 0 unspecified atom stereocenters. The molecule has 28 heavy (non-hydrogen) atoms. The molecule has 0 aliphatic heterocycles. The molecule has 6 nitrogen and oxygen atoms in total. The average Bonchev–Trinajstić information content (AvgIpc) is 3.26. The standard InChI is InChI=1S/C20H17FN4O2S/c1-12-7-8-14(21)10-15(12)22-18(26)11-28-20-24-23-19(25(20)2)17-9-13-5-3-4-6-16(13)27-17/h3-10H,11H2,1-2H3,(H,22,26). The number of hydrogen-bond donors (Lipinski definition) is 1. The molecule has 2 heterocycles. The van der Waals surface area contributed by atoms with Crippen molar-refractivity contribution in [3.05, 3.63) is 59.9 Å². The summed E-state index contributed by atoms with van der Waals surface area (Å²) in [6, 6.07) is 13.9. The van der Waals surface area contributed by atoms with Gasteiger partial charge in [-0.05, 0) is 36.8 Å². The Morgan fingerprint density at radius 3 is 2.86 bits per heavy atom. The van der Waals surface area contributed by atoms with E-state index in [1.165, 1.54) is 23.9 Å². The molecular weight excluding hydrogens is 379 g/mol. The molecule has 1 amide bonds. The van der Waals surface area contributed by atoms with Crippen molar-refractivity contribution in [2.45, 2.75) is 12.1 Å². The molecule has 142 valence electrons. The Kier molecular flexibility index (Phi) is 4.87. The predicted octanol–water partition coefficient (Wildman–Crippen LogP) is 4.41. The third-order valence-corrected chi connectivity index (χ3v) is 5.31. The Morgan fingerprint density at radius 2 is 2.04 bits per heavy atom. The topological polar surface area (TPSA) is 73.0 Å². The molecule has 1 N–H and O–H groups in total. The van der Waals surface area contributed by atoms with E-state index in [1.807, 2.05) is 44.3 Å². The second-order valence-electron chi connectivity index (χ2n) is 6.31. The van der Waals surface area contributed by atoms with Crippen molar-refractivity contribution >= 4 is 34.3 Å². The lowest BCUT2D eigenvalue weighted by Gasteiger charge is -2.08. The zero-order valence-corrected chi connectivity index (χ0v) is 16.1. The average molecular weight is 396 g/mol. The molecule has 8 heteroatoms. The van der Waals surface area contributed by atoms with Crippen LogP contribution in [0.15, 0.2) is 58.1 Å². The summed E-state index contributed by atoms with van der Waals surface area (Å²) in [6.45, 7) is 1.81. The van der Waals surface area contributed by atoms with Crippen LogP contribution in [0, 0.1) is 12.7 Å². The molecule has 0 bridgehead atoms. The second kappa shape index (κ2) is 7.47. The van der Waals surface area contributed by atoms with Crippen LogP contribution in [0.5, 0.6) is 0 Å². The number of fused-ring (bicyclic) bond motifs is 1. The number of amides is 1. The van der Waals surface area contributed by atoms with Gasteiger partial charge in [0, 0.05) is 18.1 Å². The van der Waals surface area contributed by atoms with Gasteiger partial charge in [-0.15, -0.1) is 10.2 Å². The highest BCUT2D eigenvalue weighted by Gasteiger charge is 2.16. The maximum atomic E-state index is 13.4. The number of carbonyl (C=O) groups is 1. The predicted molar refractivity (Wildman–Crippen MR) is 107 cm³/mol. The van der Waals surface area contributed by atoms with Crippen molar-refractivity contribution in [3.63, 3.8) is 0 Å². The molecule has 4 rings (SSSR count). The minimum Gasteiger partial charge on any atom is -0.453 e. The largest absolute Gasteiger partial charge is 0.453 e. The summed E-state index contributed by atoms with van der Waals surface area (Å²) in [7, 11) is 1.82. The highest BCUT2D eigenvalue weighted by Crippen LogP contribution is 2.28. The fourth-order valence-corrected chi connectivity index (χ4v) is 3.50. The van der Waals surface area contributed by atoms with Gasteiger partial charge in [0.1, 0.15) is 11.4 Å². The first-order valence-corrected chi connectivity index (χ1v) is 9.57. The fraction of sp³-hybridized carbons (Fsp3) is 0.150. The van der Waals surface area contributed by atoms with Gasteiger partial charge in [0.05, 0.1) is 5.75 Å². The number of aryl methyl sites for hydroxylation is 1. The van der Waals surface area contributed by atoms with Crippen LogP contribution in [-0.2, 0) is 11.8 Å². The maximum absolute atomic E-state index is 13.4. The van der Waals surface area contributed by atoms with Crippen LogP contribution in [0.4, 0.5) is 10.1 Å². The van der Waals surface area contributed by atoms with E-state index < -0.39 is 5.82 Å². The lowest BCUT2D eigenvalue weighted by molar-refractivity contribution is -0.113. The number of rotatable bonds is 5. The lowest BCUT2D eigenvalue weighted by Crippen LogP contribution is -2.15. The van der Waals surface area contributed by atoms with E-state index in [4.69, 9.17) is 4.42 Å². The smallest absolute Gasteiger partial charge is 0.234 e. The summed E-state index contributed by atoms with van der Waals surface area (Å²) in [5.41, 5.74) is 2.04. The summed E-state index contributed by atoms with van der Waals surface area (Å²) in [5, 5.41) is 12.6. The number of hydrogen-bond acceptors (Lipinski definition) is 5. The Balaban J connectivity index is 1.46. The number of carbonyl (C=O) groups excluding carboxylic acids is 1. The molecular formula is C20H17FN4O2S. The monoisotopic (exact) mass is 396 g/mol. The molecule has 0 saturated carbocycles. The van der Waals surface area contributed by atoms with Crippen molar-refractivity contribution < 1.29 is 13.6 Å². The van der Waals surface area contributed by atoms with Gasteiger partial charge in [-0.25, -0.2) is 4.39 Å². The number of nitrogens with zero attached hydrogens (tertiary/aromatic N) is 3. The van der Waals surface area contributed by atoms with E-state index in [9.17, 15) is 9.18 Å². The molecule has 4 aromatic rings. The van der Waals surface area contributed by atoms with E-state index in [1.54, 1.807) is 10.6 Å². The normalized spacial score (nSPS) is 11.1. The molecule has 2 aromatic heterocycles. The Bertz CT molecular complexity index is 1140. The zero-order valence-electron chi connectivity index (χ0n) is 15.3. The summed E-state index contributed by atoms with van der Waals surface area (Å²) in [6.07, 6.45) is 0. The number of nitrogens with one attached hydrogen (secondary N) is 1. The molecule has 0 radical (unpaired) electrons. The van der Waals surface area contributed by atoms with E-state index >= 15 is 0 Å². The minimum atomic E-state index is -0.391.